The molecule has 3 aromatic rings. The van der Waals surface area contributed by atoms with Crippen LogP contribution in [0.3, 0.4) is 0 Å². The maximum absolute atomic E-state index is 12.9. The molecule has 0 fully saturated rings. The zero-order valence-corrected chi connectivity index (χ0v) is 13.9. The third-order valence-corrected chi connectivity index (χ3v) is 4.13. The standard InChI is InChI=1S/C18H16FN3OS/c1-12-2-6-14(7-3-12)20-17(23)10-16-11-24-18(22-16)21-15-8-4-13(19)5-9-15/h2-9,11H,10H2,1H3,(H,20,23)(H,21,22). The number of anilines is 3. The first-order chi connectivity index (χ1) is 11.6. The van der Waals surface area contributed by atoms with Crippen LogP contribution in [0.15, 0.2) is 53.9 Å². The van der Waals surface area contributed by atoms with Crippen molar-refractivity contribution < 1.29 is 9.18 Å². The van der Waals surface area contributed by atoms with Gasteiger partial charge in [0.05, 0.1) is 12.1 Å². The quantitative estimate of drug-likeness (QED) is 0.717. The Morgan fingerprint density at radius 1 is 1.08 bits per heavy atom. The van der Waals surface area contributed by atoms with Crippen LogP contribution in [-0.2, 0) is 11.2 Å². The fraction of sp³-hybridized carbons (Fsp3) is 0.111. The molecule has 3 rings (SSSR count). The highest BCUT2D eigenvalue weighted by atomic mass is 32.1. The molecule has 0 aliphatic heterocycles. The minimum absolute atomic E-state index is 0.113. The minimum Gasteiger partial charge on any atom is -0.332 e. The van der Waals surface area contributed by atoms with Crippen molar-refractivity contribution in [2.75, 3.05) is 10.6 Å². The van der Waals surface area contributed by atoms with Crippen LogP contribution in [0.1, 0.15) is 11.3 Å². The molecule has 0 saturated carbocycles. The summed E-state index contributed by atoms with van der Waals surface area (Å²) < 4.78 is 12.9. The van der Waals surface area contributed by atoms with Gasteiger partial charge in [0.25, 0.3) is 0 Å². The Morgan fingerprint density at radius 2 is 1.75 bits per heavy atom. The number of rotatable bonds is 5. The van der Waals surface area contributed by atoms with E-state index in [2.05, 4.69) is 15.6 Å². The predicted molar refractivity (Wildman–Crippen MR) is 95.3 cm³/mol. The number of amides is 1. The van der Waals surface area contributed by atoms with Gasteiger partial charge in [-0.25, -0.2) is 9.37 Å². The van der Waals surface area contributed by atoms with E-state index in [1.165, 1.54) is 23.5 Å². The second kappa shape index (κ2) is 7.23. The van der Waals surface area contributed by atoms with E-state index >= 15 is 0 Å². The third-order valence-electron chi connectivity index (χ3n) is 3.32. The number of benzene rings is 2. The lowest BCUT2D eigenvalue weighted by Crippen LogP contribution is -2.14. The second-order valence-electron chi connectivity index (χ2n) is 5.37. The summed E-state index contributed by atoms with van der Waals surface area (Å²) in [5.74, 6) is -0.398. The molecule has 24 heavy (non-hydrogen) atoms. The summed E-state index contributed by atoms with van der Waals surface area (Å²) in [6.45, 7) is 2.00. The van der Waals surface area contributed by atoms with Crippen LogP contribution < -0.4 is 10.6 Å². The molecule has 2 aromatic carbocycles. The number of nitrogens with zero attached hydrogens (tertiary/aromatic N) is 1. The molecule has 4 nitrogen and oxygen atoms in total. The Balaban J connectivity index is 1.58. The van der Waals surface area contributed by atoms with E-state index in [1.807, 2.05) is 36.6 Å². The summed E-state index contributed by atoms with van der Waals surface area (Å²) in [6.07, 6.45) is 0.204. The van der Waals surface area contributed by atoms with Gasteiger partial charge in [-0.3, -0.25) is 4.79 Å². The summed E-state index contributed by atoms with van der Waals surface area (Å²) in [5, 5.41) is 8.44. The van der Waals surface area contributed by atoms with Crippen LogP contribution in [0.25, 0.3) is 0 Å². The van der Waals surface area contributed by atoms with Crippen molar-refractivity contribution in [1.82, 2.24) is 4.98 Å². The smallest absolute Gasteiger partial charge is 0.230 e. The number of carbonyl (C=O) groups is 1. The molecule has 1 aromatic heterocycles. The van der Waals surface area contributed by atoms with Crippen molar-refractivity contribution in [3.63, 3.8) is 0 Å². The van der Waals surface area contributed by atoms with Crippen molar-refractivity contribution in [2.45, 2.75) is 13.3 Å². The van der Waals surface area contributed by atoms with Crippen molar-refractivity contribution in [3.05, 3.63) is 71.0 Å². The van der Waals surface area contributed by atoms with Crippen LogP contribution in [0.5, 0.6) is 0 Å². The number of hydrogen-bond donors (Lipinski definition) is 2. The van der Waals surface area contributed by atoms with Crippen molar-refractivity contribution in [2.24, 2.45) is 0 Å². The molecule has 0 atom stereocenters. The highest BCUT2D eigenvalue weighted by molar-refractivity contribution is 7.13. The monoisotopic (exact) mass is 341 g/mol. The lowest BCUT2D eigenvalue weighted by molar-refractivity contribution is -0.115. The number of carbonyl (C=O) groups excluding carboxylic acids is 1. The topological polar surface area (TPSA) is 54.0 Å². The molecule has 0 aliphatic carbocycles. The van der Waals surface area contributed by atoms with Gasteiger partial charge in [0.15, 0.2) is 5.13 Å². The van der Waals surface area contributed by atoms with E-state index in [4.69, 9.17) is 0 Å². The van der Waals surface area contributed by atoms with Crippen LogP contribution in [-0.4, -0.2) is 10.9 Å². The number of aromatic nitrogens is 1. The number of hydrogen-bond acceptors (Lipinski definition) is 4. The molecule has 0 aliphatic rings. The molecule has 0 unspecified atom stereocenters. The average Bonchev–Trinajstić information content (AvgIpc) is 2.99. The Morgan fingerprint density at radius 3 is 2.46 bits per heavy atom. The van der Waals surface area contributed by atoms with Gasteiger partial charge in [-0.05, 0) is 43.3 Å². The first-order valence-electron chi connectivity index (χ1n) is 7.42. The average molecular weight is 341 g/mol. The molecule has 0 spiro atoms. The predicted octanol–water partition coefficient (Wildman–Crippen LogP) is 4.52. The van der Waals surface area contributed by atoms with Crippen molar-refractivity contribution >= 4 is 33.8 Å². The van der Waals surface area contributed by atoms with Gasteiger partial charge in [0.2, 0.25) is 5.91 Å². The Labute approximate surface area is 143 Å². The zero-order valence-electron chi connectivity index (χ0n) is 13.0. The van der Waals surface area contributed by atoms with Crippen LogP contribution in [0, 0.1) is 12.7 Å². The highest BCUT2D eigenvalue weighted by Crippen LogP contribution is 2.21. The fourth-order valence-electron chi connectivity index (χ4n) is 2.11. The maximum Gasteiger partial charge on any atom is 0.230 e. The molecular formula is C18H16FN3OS. The zero-order chi connectivity index (χ0) is 16.9. The number of thiazole rings is 1. The number of aryl methyl sites for hydroxylation is 1. The summed E-state index contributed by atoms with van der Waals surface area (Å²) in [5.41, 5.74) is 3.35. The Hall–Kier alpha value is -2.73. The molecule has 122 valence electrons. The van der Waals surface area contributed by atoms with Crippen LogP contribution in [0.4, 0.5) is 20.9 Å². The molecule has 6 heteroatoms. The molecule has 0 radical (unpaired) electrons. The second-order valence-corrected chi connectivity index (χ2v) is 6.22. The van der Waals surface area contributed by atoms with Gasteiger partial charge in [-0.2, -0.15) is 0 Å². The molecule has 1 amide bonds. The van der Waals surface area contributed by atoms with E-state index in [-0.39, 0.29) is 18.1 Å². The van der Waals surface area contributed by atoms with E-state index in [9.17, 15) is 9.18 Å². The lowest BCUT2D eigenvalue weighted by atomic mass is 10.2. The summed E-state index contributed by atoms with van der Waals surface area (Å²) in [6, 6.07) is 13.7. The van der Waals surface area contributed by atoms with E-state index in [1.54, 1.807) is 12.1 Å². The van der Waals surface area contributed by atoms with E-state index in [0.717, 1.165) is 16.9 Å². The van der Waals surface area contributed by atoms with Crippen molar-refractivity contribution in [1.29, 1.82) is 0 Å². The molecule has 0 bridgehead atoms. The SMILES string of the molecule is Cc1ccc(NC(=O)Cc2csc(Nc3ccc(F)cc3)n2)cc1. The molecule has 2 N–H and O–H groups in total. The normalized spacial score (nSPS) is 10.4. The van der Waals surface area contributed by atoms with Gasteiger partial charge in [-0.15, -0.1) is 11.3 Å². The van der Waals surface area contributed by atoms with Crippen molar-refractivity contribution in [3.8, 4) is 0 Å². The van der Waals surface area contributed by atoms with Gasteiger partial charge < -0.3 is 10.6 Å². The summed E-state index contributed by atoms with van der Waals surface area (Å²) in [7, 11) is 0. The van der Waals surface area contributed by atoms with Gasteiger partial charge >= 0.3 is 0 Å². The maximum atomic E-state index is 12.9. The summed E-state index contributed by atoms with van der Waals surface area (Å²) >= 11 is 1.40. The fourth-order valence-corrected chi connectivity index (χ4v) is 2.84. The first-order valence-corrected chi connectivity index (χ1v) is 8.30. The lowest BCUT2D eigenvalue weighted by Gasteiger charge is -2.04. The number of halogens is 1. The van der Waals surface area contributed by atoms with Crippen LogP contribution >= 0.6 is 11.3 Å². The third kappa shape index (κ3) is 4.39. The number of nitrogens with one attached hydrogen (secondary N) is 2. The molecule has 0 saturated heterocycles. The van der Waals surface area contributed by atoms with E-state index in [0.29, 0.717) is 10.8 Å². The Kier molecular flexibility index (Phi) is 4.86. The van der Waals surface area contributed by atoms with Gasteiger partial charge in [0.1, 0.15) is 5.82 Å². The largest absolute Gasteiger partial charge is 0.332 e. The summed E-state index contributed by atoms with van der Waals surface area (Å²) in [4.78, 5) is 16.4. The van der Waals surface area contributed by atoms with Gasteiger partial charge in [-0.1, -0.05) is 17.7 Å². The Bertz CT molecular complexity index is 828. The van der Waals surface area contributed by atoms with E-state index < -0.39 is 0 Å². The highest BCUT2D eigenvalue weighted by Gasteiger charge is 2.08. The molecule has 1 heterocycles. The minimum atomic E-state index is -0.284. The molecular weight excluding hydrogens is 325 g/mol. The van der Waals surface area contributed by atoms with Gasteiger partial charge in [0, 0.05) is 16.8 Å². The first kappa shape index (κ1) is 16.1. The van der Waals surface area contributed by atoms with Crippen LogP contribution in [0.2, 0.25) is 0 Å².